The van der Waals surface area contributed by atoms with Gasteiger partial charge < -0.3 is 15.2 Å². The predicted octanol–water partition coefficient (Wildman–Crippen LogP) is 2.08. The van der Waals surface area contributed by atoms with Crippen molar-refractivity contribution in [1.82, 2.24) is 10.5 Å². The topological polar surface area (TPSA) is 84.2 Å². The van der Waals surface area contributed by atoms with Crippen molar-refractivity contribution in [2.24, 2.45) is 0 Å². The van der Waals surface area contributed by atoms with Gasteiger partial charge in [0.1, 0.15) is 5.76 Å². The van der Waals surface area contributed by atoms with Gasteiger partial charge in [0.05, 0.1) is 5.69 Å². The fourth-order valence-electron chi connectivity index (χ4n) is 3.08. The molecule has 6 heteroatoms. The fraction of sp³-hybridized carbons (Fsp3) is 0.389. The molecule has 2 aromatic rings. The number of aryl methyl sites for hydroxylation is 4. The van der Waals surface area contributed by atoms with Gasteiger partial charge in [0, 0.05) is 17.8 Å². The van der Waals surface area contributed by atoms with Gasteiger partial charge in [-0.3, -0.25) is 9.59 Å². The first-order valence-electron chi connectivity index (χ1n) is 8.17. The average Bonchev–Trinajstić information content (AvgIpc) is 3.15. The van der Waals surface area contributed by atoms with Crippen molar-refractivity contribution < 1.29 is 14.1 Å². The molecule has 0 fully saturated rings. The number of nitrogens with one attached hydrogen (secondary N) is 2. The van der Waals surface area contributed by atoms with E-state index in [1.54, 1.807) is 0 Å². The molecule has 3 rings (SSSR count). The normalized spacial score (nSPS) is 12.8. The summed E-state index contributed by atoms with van der Waals surface area (Å²) in [5.41, 5.74) is 5.03. The molecule has 2 N–H and O–H groups in total. The number of nitrogens with zero attached hydrogens (tertiary/aromatic N) is 1. The molecule has 1 aliphatic rings. The summed E-state index contributed by atoms with van der Waals surface area (Å²) in [7, 11) is 0. The number of rotatable bonds is 4. The average molecular weight is 327 g/mol. The number of amides is 2. The largest absolute Gasteiger partial charge is 0.361 e. The summed E-state index contributed by atoms with van der Waals surface area (Å²) in [5, 5.41) is 9.15. The van der Waals surface area contributed by atoms with Gasteiger partial charge in [-0.2, -0.15) is 0 Å². The second kappa shape index (κ2) is 6.86. The molecule has 0 saturated carbocycles. The van der Waals surface area contributed by atoms with Crippen LogP contribution in [0.1, 0.15) is 34.6 Å². The van der Waals surface area contributed by atoms with Gasteiger partial charge >= 0.3 is 11.8 Å². The van der Waals surface area contributed by atoms with Crippen molar-refractivity contribution in [3.63, 3.8) is 0 Å². The standard InChI is InChI=1S/C18H21N3O3/c1-11-16(12(2)24-21-11)8-9-19-17(22)18(23)20-15-7-6-13-4-3-5-14(13)10-15/h6-7,10H,3-5,8-9H2,1-2H3,(H,19,22)(H,20,23). The smallest absolute Gasteiger partial charge is 0.313 e. The Labute approximate surface area is 140 Å². The van der Waals surface area contributed by atoms with Crippen LogP contribution in [0.4, 0.5) is 5.69 Å². The van der Waals surface area contributed by atoms with Crippen LogP contribution in [-0.2, 0) is 28.9 Å². The van der Waals surface area contributed by atoms with E-state index >= 15 is 0 Å². The Balaban J connectivity index is 1.51. The van der Waals surface area contributed by atoms with E-state index in [-0.39, 0.29) is 0 Å². The van der Waals surface area contributed by atoms with E-state index < -0.39 is 11.8 Å². The van der Waals surface area contributed by atoms with Crippen molar-refractivity contribution in [1.29, 1.82) is 0 Å². The van der Waals surface area contributed by atoms with Crippen molar-refractivity contribution in [2.45, 2.75) is 39.5 Å². The van der Waals surface area contributed by atoms with Crippen LogP contribution < -0.4 is 10.6 Å². The Morgan fingerprint density at radius 2 is 1.96 bits per heavy atom. The Morgan fingerprint density at radius 3 is 2.71 bits per heavy atom. The molecule has 24 heavy (non-hydrogen) atoms. The lowest BCUT2D eigenvalue weighted by atomic mass is 10.1. The lowest BCUT2D eigenvalue weighted by Crippen LogP contribution is -2.36. The van der Waals surface area contributed by atoms with E-state index in [1.807, 2.05) is 32.0 Å². The number of anilines is 1. The molecular formula is C18H21N3O3. The molecule has 0 radical (unpaired) electrons. The molecule has 1 aromatic carbocycles. The number of hydrogen-bond donors (Lipinski definition) is 2. The molecule has 0 aliphatic heterocycles. The van der Waals surface area contributed by atoms with E-state index in [0.29, 0.717) is 18.7 Å². The van der Waals surface area contributed by atoms with Crippen LogP contribution in [0.25, 0.3) is 0 Å². The van der Waals surface area contributed by atoms with Crippen LogP contribution >= 0.6 is 0 Å². The molecule has 6 nitrogen and oxygen atoms in total. The van der Waals surface area contributed by atoms with Gasteiger partial charge in [0.2, 0.25) is 0 Å². The van der Waals surface area contributed by atoms with Crippen LogP contribution in [0.5, 0.6) is 0 Å². The number of carbonyl (C=O) groups is 2. The maximum atomic E-state index is 12.0. The first kappa shape index (κ1) is 16.2. The van der Waals surface area contributed by atoms with Crippen molar-refractivity contribution in [3.05, 3.63) is 46.3 Å². The second-order valence-electron chi connectivity index (χ2n) is 6.10. The summed E-state index contributed by atoms with van der Waals surface area (Å²) in [6.45, 7) is 4.05. The van der Waals surface area contributed by atoms with Gasteiger partial charge in [-0.15, -0.1) is 0 Å². The zero-order valence-corrected chi connectivity index (χ0v) is 13.9. The van der Waals surface area contributed by atoms with E-state index in [2.05, 4.69) is 15.8 Å². The zero-order chi connectivity index (χ0) is 17.1. The van der Waals surface area contributed by atoms with Crippen molar-refractivity contribution in [3.8, 4) is 0 Å². The maximum absolute atomic E-state index is 12.0. The van der Waals surface area contributed by atoms with Gasteiger partial charge in [0.25, 0.3) is 0 Å². The minimum Gasteiger partial charge on any atom is -0.361 e. The van der Waals surface area contributed by atoms with Crippen LogP contribution in [0.3, 0.4) is 0 Å². The lowest BCUT2D eigenvalue weighted by Gasteiger charge is -2.08. The van der Waals surface area contributed by atoms with E-state index in [0.717, 1.165) is 36.3 Å². The summed E-state index contributed by atoms with van der Waals surface area (Å²) >= 11 is 0. The van der Waals surface area contributed by atoms with Crippen molar-refractivity contribution >= 4 is 17.5 Å². The number of hydrogen-bond acceptors (Lipinski definition) is 4. The molecule has 0 saturated heterocycles. The molecule has 0 unspecified atom stereocenters. The first-order chi connectivity index (χ1) is 11.5. The fourth-order valence-corrected chi connectivity index (χ4v) is 3.08. The number of benzene rings is 1. The third-order valence-electron chi connectivity index (χ3n) is 4.40. The predicted molar refractivity (Wildman–Crippen MR) is 89.8 cm³/mol. The summed E-state index contributed by atoms with van der Waals surface area (Å²) in [6.07, 6.45) is 3.85. The Hall–Kier alpha value is -2.63. The molecule has 1 aromatic heterocycles. The quantitative estimate of drug-likeness (QED) is 0.842. The number of fused-ring (bicyclic) bond motifs is 1. The number of carbonyl (C=O) groups excluding carboxylic acids is 2. The lowest BCUT2D eigenvalue weighted by molar-refractivity contribution is -0.136. The molecule has 1 aliphatic carbocycles. The van der Waals surface area contributed by atoms with Gasteiger partial charge in [-0.1, -0.05) is 11.2 Å². The van der Waals surface area contributed by atoms with Crippen LogP contribution in [0, 0.1) is 13.8 Å². The molecule has 1 heterocycles. The Kier molecular flexibility index (Phi) is 4.64. The van der Waals surface area contributed by atoms with E-state index in [4.69, 9.17) is 4.52 Å². The van der Waals surface area contributed by atoms with Crippen LogP contribution in [0.15, 0.2) is 22.7 Å². The second-order valence-corrected chi connectivity index (χ2v) is 6.10. The monoisotopic (exact) mass is 327 g/mol. The molecular weight excluding hydrogens is 306 g/mol. The highest BCUT2D eigenvalue weighted by molar-refractivity contribution is 6.39. The summed E-state index contributed by atoms with van der Waals surface area (Å²) < 4.78 is 5.07. The maximum Gasteiger partial charge on any atom is 0.313 e. The number of aromatic nitrogens is 1. The summed E-state index contributed by atoms with van der Waals surface area (Å²) in [4.78, 5) is 23.9. The van der Waals surface area contributed by atoms with E-state index in [1.165, 1.54) is 11.1 Å². The first-order valence-corrected chi connectivity index (χ1v) is 8.17. The van der Waals surface area contributed by atoms with Crippen LogP contribution in [-0.4, -0.2) is 23.5 Å². The molecule has 2 amide bonds. The Morgan fingerprint density at radius 1 is 1.17 bits per heavy atom. The van der Waals surface area contributed by atoms with Gasteiger partial charge in [-0.05, 0) is 62.8 Å². The third kappa shape index (κ3) is 3.48. The van der Waals surface area contributed by atoms with Crippen molar-refractivity contribution in [2.75, 3.05) is 11.9 Å². The Bertz CT molecular complexity index is 760. The SMILES string of the molecule is Cc1noc(C)c1CCNC(=O)C(=O)Nc1ccc2c(c1)CCC2. The van der Waals surface area contributed by atoms with Gasteiger partial charge in [-0.25, -0.2) is 0 Å². The zero-order valence-electron chi connectivity index (χ0n) is 13.9. The highest BCUT2D eigenvalue weighted by Crippen LogP contribution is 2.24. The summed E-state index contributed by atoms with van der Waals surface area (Å²) in [5.74, 6) is -0.543. The molecule has 0 atom stereocenters. The highest BCUT2D eigenvalue weighted by atomic mass is 16.5. The minimum absolute atomic E-state index is 0.360. The van der Waals surface area contributed by atoms with E-state index in [9.17, 15) is 9.59 Å². The third-order valence-corrected chi connectivity index (χ3v) is 4.40. The van der Waals surface area contributed by atoms with Crippen LogP contribution in [0.2, 0.25) is 0 Å². The highest BCUT2D eigenvalue weighted by Gasteiger charge is 2.16. The minimum atomic E-state index is -0.647. The summed E-state index contributed by atoms with van der Waals surface area (Å²) in [6, 6.07) is 5.82. The molecule has 126 valence electrons. The molecule has 0 bridgehead atoms. The van der Waals surface area contributed by atoms with Gasteiger partial charge in [0.15, 0.2) is 0 Å². The molecule has 0 spiro atoms.